The zero-order chi connectivity index (χ0) is 23.3. The van der Waals surface area contributed by atoms with Crippen LogP contribution in [0.15, 0.2) is 53.3 Å². The maximum absolute atomic E-state index is 13.0. The van der Waals surface area contributed by atoms with Gasteiger partial charge in [0.25, 0.3) is 11.5 Å². The number of aryl methyl sites for hydroxylation is 1. The van der Waals surface area contributed by atoms with Gasteiger partial charge in [0.2, 0.25) is 0 Å². The van der Waals surface area contributed by atoms with Gasteiger partial charge in [0.15, 0.2) is 17.2 Å². The number of methoxy groups -OCH3 is 2. The quantitative estimate of drug-likeness (QED) is 0.566. The second-order valence-electron chi connectivity index (χ2n) is 6.66. The summed E-state index contributed by atoms with van der Waals surface area (Å²) < 4.78 is 16.7. The van der Waals surface area contributed by atoms with Crippen molar-refractivity contribution < 1.29 is 23.8 Å². The summed E-state index contributed by atoms with van der Waals surface area (Å²) in [7, 11) is 2.86. The Balaban J connectivity index is 2.09. The molecule has 0 bridgehead atoms. The lowest BCUT2D eigenvalue weighted by molar-refractivity contribution is 0.0518. The predicted octanol–water partition coefficient (Wildman–Crippen LogP) is 2.99. The molecule has 3 rings (SSSR count). The van der Waals surface area contributed by atoms with E-state index >= 15 is 0 Å². The first-order valence-electron chi connectivity index (χ1n) is 9.81. The first kappa shape index (κ1) is 22.5. The molecule has 0 saturated heterocycles. The molecule has 0 fully saturated rings. The average Bonchev–Trinajstić information content (AvgIpc) is 2.79. The minimum absolute atomic E-state index is 0.0758. The Morgan fingerprint density at radius 3 is 2.47 bits per heavy atom. The van der Waals surface area contributed by atoms with Crippen LogP contribution in [0, 0.1) is 6.92 Å². The fourth-order valence-electron chi connectivity index (χ4n) is 3.13. The van der Waals surface area contributed by atoms with Crippen molar-refractivity contribution in [3.05, 3.63) is 75.7 Å². The van der Waals surface area contributed by atoms with E-state index in [9.17, 15) is 14.4 Å². The number of carbonyl (C=O) groups is 2. The maximum atomic E-state index is 13.0. The summed E-state index contributed by atoms with van der Waals surface area (Å²) in [5.74, 6) is -0.811. The number of ether oxygens (including phenoxy) is 3. The van der Waals surface area contributed by atoms with Crippen LogP contribution in [0.3, 0.4) is 0 Å². The number of para-hydroxylation sites is 2. The number of carbonyl (C=O) groups excluding carboxylic acids is 2. The zero-order valence-electron chi connectivity index (χ0n) is 18.2. The number of amides is 1. The van der Waals surface area contributed by atoms with Gasteiger partial charge in [-0.1, -0.05) is 24.3 Å². The van der Waals surface area contributed by atoms with Gasteiger partial charge in [0.1, 0.15) is 0 Å². The van der Waals surface area contributed by atoms with Gasteiger partial charge in [-0.3, -0.25) is 9.59 Å². The van der Waals surface area contributed by atoms with Gasteiger partial charge in [-0.15, -0.1) is 0 Å². The third-order valence-corrected chi connectivity index (χ3v) is 4.64. The van der Waals surface area contributed by atoms with E-state index in [0.717, 1.165) is 16.3 Å². The van der Waals surface area contributed by atoms with E-state index in [1.807, 2.05) is 19.1 Å². The van der Waals surface area contributed by atoms with Crippen LogP contribution < -0.4 is 20.3 Å². The van der Waals surface area contributed by atoms with E-state index in [0.29, 0.717) is 11.4 Å². The predicted molar refractivity (Wildman–Crippen MR) is 118 cm³/mol. The highest BCUT2D eigenvalue weighted by atomic mass is 16.5. The molecule has 9 nitrogen and oxygen atoms in total. The number of hydrogen-bond acceptors (Lipinski definition) is 7. The molecule has 0 atom stereocenters. The molecule has 1 amide bonds. The van der Waals surface area contributed by atoms with Gasteiger partial charge >= 0.3 is 5.97 Å². The van der Waals surface area contributed by atoms with Crippen LogP contribution in [0.4, 0.5) is 5.69 Å². The second-order valence-corrected chi connectivity index (χ2v) is 6.66. The number of esters is 1. The van der Waals surface area contributed by atoms with Gasteiger partial charge in [-0.25, -0.2) is 4.79 Å². The summed E-state index contributed by atoms with van der Waals surface area (Å²) in [5, 5.41) is 6.78. The first-order valence-corrected chi connectivity index (χ1v) is 9.81. The van der Waals surface area contributed by atoms with Crippen LogP contribution in [-0.2, 0) is 4.74 Å². The number of hydrogen-bond donors (Lipinski definition) is 1. The van der Waals surface area contributed by atoms with Crippen molar-refractivity contribution in [2.75, 3.05) is 26.1 Å². The molecule has 0 aliphatic carbocycles. The first-order chi connectivity index (χ1) is 15.4. The lowest BCUT2D eigenvalue weighted by Gasteiger charge is -2.15. The number of nitrogens with one attached hydrogen (secondary N) is 1. The van der Waals surface area contributed by atoms with Crippen molar-refractivity contribution in [3.63, 3.8) is 0 Å². The third-order valence-electron chi connectivity index (χ3n) is 4.64. The van der Waals surface area contributed by atoms with Gasteiger partial charge in [-0.05, 0) is 37.6 Å². The smallest absolute Gasteiger partial charge is 0.360 e. The molecule has 0 aliphatic heterocycles. The molecule has 0 spiro atoms. The molecule has 2 aromatic carbocycles. The summed E-state index contributed by atoms with van der Waals surface area (Å²) >= 11 is 0. The van der Waals surface area contributed by atoms with Gasteiger partial charge in [0, 0.05) is 6.07 Å². The van der Waals surface area contributed by atoms with Crippen molar-refractivity contribution in [2.45, 2.75) is 13.8 Å². The van der Waals surface area contributed by atoms with Gasteiger partial charge in [-0.2, -0.15) is 9.78 Å². The van der Waals surface area contributed by atoms with Crippen LogP contribution in [0.2, 0.25) is 0 Å². The molecule has 3 aromatic rings. The van der Waals surface area contributed by atoms with Crippen molar-refractivity contribution in [1.82, 2.24) is 9.78 Å². The molecule has 0 saturated carbocycles. The molecule has 166 valence electrons. The summed E-state index contributed by atoms with van der Waals surface area (Å²) in [6, 6.07) is 13.0. The summed E-state index contributed by atoms with van der Waals surface area (Å²) in [6.07, 6.45) is 0. The highest BCUT2D eigenvalue weighted by Crippen LogP contribution is 2.31. The highest BCUT2D eigenvalue weighted by molar-refractivity contribution is 6.09. The number of benzene rings is 2. The van der Waals surface area contributed by atoms with Gasteiger partial charge in [0.05, 0.1) is 37.8 Å². The highest BCUT2D eigenvalue weighted by Gasteiger charge is 2.23. The van der Waals surface area contributed by atoms with E-state index in [1.165, 1.54) is 20.3 Å². The largest absolute Gasteiger partial charge is 0.493 e. The Hall–Kier alpha value is -4.14. The lowest BCUT2D eigenvalue weighted by Crippen LogP contribution is -2.27. The van der Waals surface area contributed by atoms with Crippen LogP contribution >= 0.6 is 0 Å². The summed E-state index contributed by atoms with van der Waals surface area (Å²) in [5.41, 5.74) is 0.647. The SMILES string of the molecule is CCOC(=O)c1nn(-c2ccccc2C)c(=O)cc1NC(=O)c1cccc(OC)c1OC. The van der Waals surface area contributed by atoms with Crippen LogP contribution in [0.5, 0.6) is 11.5 Å². The lowest BCUT2D eigenvalue weighted by atomic mass is 10.1. The molecule has 1 N–H and O–H groups in total. The minimum atomic E-state index is -0.775. The zero-order valence-corrected chi connectivity index (χ0v) is 18.2. The van der Waals surface area contributed by atoms with Crippen LogP contribution in [0.1, 0.15) is 33.3 Å². The van der Waals surface area contributed by atoms with E-state index in [1.54, 1.807) is 31.2 Å². The number of aromatic nitrogens is 2. The Morgan fingerprint density at radius 2 is 1.81 bits per heavy atom. The van der Waals surface area contributed by atoms with Gasteiger partial charge < -0.3 is 19.5 Å². The monoisotopic (exact) mass is 437 g/mol. The maximum Gasteiger partial charge on any atom is 0.360 e. The fraction of sp³-hybridized carbons (Fsp3) is 0.217. The minimum Gasteiger partial charge on any atom is -0.493 e. The molecular formula is C23H23N3O6. The van der Waals surface area contributed by atoms with Crippen LogP contribution in [-0.4, -0.2) is 42.5 Å². The Kier molecular flexibility index (Phi) is 6.89. The van der Waals surface area contributed by atoms with E-state index in [4.69, 9.17) is 14.2 Å². The number of nitrogens with zero attached hydrogens (tertiary/aromatic N) is 2. The summed E-state index contributed by atoms with van der Waals surface area (Å²) in [6.45, 7) is 3.56. The number of rotatable bonds is 7. The number of anilines is 1. The van der Waals surface area contributed by atoms with E-state index < -0.39 is 17.4 Å². The third kappa shape index (κ3) is 4.46. The normalized spacial score (nSPS) is 10.4. The molecule has 9 heteroatoms. The Morgan fingerprint density at radius 1 is 1.06 bits per heavy atom. The molecular weight excluding hydrogens is 414 g/mol. The molecule has 32 heavy (non-hydrogen) atoms. The average molecular weight is 437 g/mol. The molecule has 0 aliphatic rings. The summed E-state index contributed by atoms with van der Waals surface area (Å²) in [4.78, 5) is 38.4. The topological polar surface area (TPSA) is 109 Å². The standard InChI is InChI=1S/C23H23N3O6/c1-5-32-23(29)20-16(13-19(27)26(25-20)17-11-7-6-9-14(17)2)24-22(28)15-10-8-12-18(30-3)21(15)31-4/h6-13H,5H2,1-4H3,(H,24,28). The van der Waals surface area contributed by atoms with Crippen molar-refractivity contribution in [2.24, 2.45) is 0 Å². The van der Waals surface area contributed by atoms with E-state index in [-0.39, 0.29) is 29.3 Å². The Bertz CT molecular complexity index is 1220. The second kappa shape index (κ2) is 9.78. The fourth-order valence-corrected chi connectivity index (χ4v) is 3.13. The molecule has 1 heterocycles. The van der Waals surface area contributed by atoms with E-state index in [2.05, 4.69) is 10.4 Å². The molecule has 1 aromatic heterocycles. The Labute approximate surface area is 184 Å². The molecule has 0 unspecified atom stereocenters. The van der Waals surface area contributed by atoms with Crippen molar-refractivity contribution in [1.29, 1.82) is 0 Å². The van der Waals surface area contributed by atoms with Crippen LogP contribution in [0.25, 0.3) is 5.69 Å². The van der Waals surface area contributed by atoms with Crippen molar-refractivity contribution >= 4 is 17.6 Å². The molecule has 0 radical (unpaired) electrons. The van der Waals surface area contributed by atoms with Crippen molar-refractivity contribution in [3.8, 4) is 17.2 Å².